The monoisotopic (exact) mass is 284 g/mol. The fourth-order valence-corrected chi connectivity index (χ4v) is 2.06. The van der Waals surface area contributed by atoms with Gasteiger partial charge >= 0.3 is 5.97 Å². The van der Waals surface area contributed by atoms with Crippen LogP contribution in [0.4, 0.5) is 4.39 Å². The smallest absolute Gasteiger partial charge is 0.306 e. The lowest BCUT2D eigenvalue weighted by Gasteiger charge is -2.22. The van der Waals surface area contributed by atoms with Gasteiger partial charge in [-0.05, 0) is 43.5 Å². The third-order valence-electron chi connectivity index (χ3n) is 3.20. The van der Waals surface area contributed by atoms with E-state index in [9.17, 15) is 9.18 Å². The third-order valence-corrected chi connectivity index (χ3v) is 3.20. The van der Waals surface area contributed by atoms with Crippen LogP contribution in [-0.4, -0.2) is 25.3 Å². The average Bonchev–Trinajstić information content (AvgIpc) is 2.36. The molecule has 1 aromatic carbocycles. The summed E-state index contributed by atoms with van der Waals surface area (Å²) in [6.07, 6.45) is 0.234. The van der Waals surface area contributed by atoms with E-state index >= 15 is 0 Å². The molecular weight excluding hydrogens is 263 g/mol. The van der Waals surface area contributed by atoms with Crippen molar-refractivity contribution in [3.8, 4) is 11.5 Å². The van der Waals surface area contributed by atoms with Crippen molar-refractivity contribution in [2.24, 2.45) is 5.92 Å². The number of carboxylic acids is 1. The first-order chi connectivity index (χ1) is 9.20. The number of hydrogen-bond donors (Lipinski definition) is 1. The summed E-state index contributed by atoms with van der Waals surface area (Å²) in [6.45, 7) is 4.46. The van der Waals surface area contributed by atoms with Crippen molar-refractivity contribution in [2.75, 3.05) is 14.2 Å². The maximum atomic E-state index is 14.3. The van der Waals surface area contributed by atoms with Gasteiger partial charge in [0.25, 0.3) is 0 Å². The van der Waals surface area contributed by atoms with Crippen molar-refractivity contribution < 1.29 is 23.8 Å². The molecule has 0 aliphatic heterocycles. The Hall–Kier alpha value is -1.78. The number of aliphatic carboxylic acids is 1. The van der Waals surface area contributed by atoms with Crippen LogP contribution in [0.15, 0.2) is 12.1 Å². The van der Waals surface area contributed by atoms with Crippen LogP contribution >= 0.6 is 0 Å². The van der Waals surface area contributed by atoms with Crippen molar-refractivity contribution in [2.45, 2.75) is 32.9 Å². The molecule has 0 saturated heterocycles. The van der Waals surface area contributed by atoms with Crippen LogP contribution in [0, 0.1) is 5.92 Å². The first kappa shape index (κ1) is 16.3. The highest BCUT2D eigenvalue weighted by atomic mass is 19.1. The largest absolute Gasteiger partial charge is 0.493 e. The predicted octanol–water partition coefficient (Wildman–Crippen LogP) is 3.17. The molecule has 0 aliphatic carbocycles. The van der Waals surface area contributed by atoms with Gasteiger partial charge in [0, 0.05) is 0 Å². The molecule has 0 bridgehead atoms. The van der Waals surface area contributed by atoms with Crippen LogP contribution < -0.4 is 9.47 Å². The van der Waals surface area contributed by atoms with E-state index in [-0.39, 0.29) is 6.42 Å². The van der Waals surface area contributed by atoms with Gasteiger partial charge in [-0.15, -0.1) is 0 Å². The minimum absolute atomic E-state index is 0.234. The summed E-state index contributed by atoms with van der Waals surface area (Å²) in [6, 6.07) is 3.22. The third kappa shape index (κ3) is 3.62. The van der Waals surface area contributed by atoms with Gasteiger partial charge in [0.15, 0.2) is 11.5 Å². The Bertz CT molecular complexity index is 491. The number of methoxy groups -OCH3 is 2. The Balaban J connectivity index is 3.35. The molecule has 0 radical (unpaired) electrons. The van der Waals surface area contributed by atoms with Crippen LogP contribution in [0.25, 0.3) is 0 Å². The van der Waals surface area contributed by atoms with Crippen molar-refractivity contribution in [3.05, 3.63) is 23.3 Å². The lowest BCUT2D eigenvalue weighted by molar-refractivity contribution is -0.141. The highest BCUT2D eigenvalue weighted by Crippen LogP contribution is 2.37. The number of halogens is 1. The Labute approximate surface area is 118 Å². The first-order valence-electron chi connectivity index (χ1n) is 6.37. The summed E-state index contributed by atoms with van der Waals surface area (Å²) in [5, 5.41) is 9.01. The number of ether oxygens (including phenoxy) is 2. The number of alkyl halides is 1. The number of carboxylic acid groups (broad SMARTS) is 1. The van der Waals surface area contributed by atoms with Gasteiger partial charge in [0.1, 0.15) is 5.67 Å². The molecule has 0 amide bonds. The molecule has 1 unspecified atom stereocenters. The second-order valence-corrected chi connectivity index (χ2v) is 5.28. The lowest BCUT2D eigenvalue weighted by atomic mass is 9.89. The zero-order valence-electron chi connectivity index (χ0n) is 12.5. The standard InChI is InChI=1S/C15H21FO4/c1-9(14(17)18)6-10-7-12(19-4)13(20-5)8-11(10)15(2,3)16/h7-9H,6H2,1-5H3,(H,17,18). The predicted molar refractivity (Wildman–Crippen MR) is 74.2 cm³/mol. The van der Waals surface area contributed by atoms with Gasteiger partial charge in [0.05, 0.1) is 20.1 Å². The van der Waals surface area contributed by atoms with Crippen LogP contribution in [-0.2, 0) is 16.9 Å². The normalized spacial score (nSPS) is 12.9. The average molecular weight is 284 g/mol. The zero-order valence-corrected chi connectivity index (χ0v) is 12.5. The van der Waals surface area contributed by atoms with E-state index < -0.39 is 17.6 Å². The van der Waals surface area contributed by atoms with Gasteiger partial charge in [-0.2, -0.15) is 0 Å². The zero-order chi connectivity index (χ0) is 15.5. The highest BCUT2D eigenvalue weighted by molar-refractivity contribution is 5.70. The topological polar surface area (TPSA) is 55.8 Å². The van der Waals surface area contributed by atoms with E-state index in [0.29, 0.717) is 22.6 Å². The minimum Gasteiger partial charge on any atom is -0.493 e. The molecule has 0 fully saturated rings. The molecule has 1 aromatic rings. The molecule has 0 heterocycles. The molecule has 0 aromatic heterocycles. The summed E-state index contributed by atoms with van der Waals surface area (Å²) in [5.41, 5.74) is -0.555. The molecule has 112 valence electrons. The van der Waals surface area contributed by atoms with E-state index in [2.05, 4.69) is 0 Å². The number of rotatable bonds is 6. The minimum atomic E-state index is -1.59. The van der Waals surface area contributed by atoms with Gasteiger partial charge in [-0.3, -0.25) is 4.79 Å². The number of carbonyl (C=O) groups is 1. The van der Waals surface area contributed by atoms with Crippen molar-refractivity contribution >= 4 is 5.97 Å². The summed E-state index contributed by atoms with van der Waals surface area (Å²) in [4.78, 5) is 11.0. The Kier molecular flexibility index (Phi) is 4.98. The molecule has 0 saturated carbocycles. The second-order valence-electron chi connectivity index (χ2n) is 5.28. The molecule has 1 atom stereocenters. The molecular formula is C15H21FO4. The molecule has 1 N–H and O–H groups in total. The van der Waals surface area contributed by atoms with Crippen molar-refractivity contribution in [3.63, 3.8) is 0 Å². The summed E-state index contributed by atoms with van der Waals surface area (Å²) < 4.78 is 24.7. The first-order valence-corrected chi connectivity index (χ1v) is 6.37. The van der Waals surface area contributed by atoms with Gasteiger partial charge in [-0.1, -0.05) is 6.92 Å². The van der Waals surface area contributed by atoms with E-state index in [1.807, 2.05) is 0 Å². The number of hydrogen-bond acceptors (Lipinski definition) is 3. The fraction of sp³-hybridized carbons (Fsp3) is 0.533. The van der Waals surface area contributed by atoms with E-state index in [4.69, 9.17) is 14.6 Å². The SMILES string of the molecule is COc1cc(CC(C)C(=O)O)c(C(C)(C)F)cc1OC. The fourth-order valence-electron chi connectivity index (χ4n) is 2.06. The van der Waals surface area contributed by atoms with Crippen molar-refractivity contribution in [1.82, 2.24) is 0 Å². The molecule has 20 heavy (non-hydrogen) atoms. The lowest BCUT2D eigenvalue weighted by Crippen LogP contribution is -2.18. The highest BCUT2D eigenvalue weighted by Gasteiger charge is 2.26. The van der Waals surface area contributed by atoms with Crippen LogP contribution in [0.5, 0.6) is 11.5 Å². The van der Waals surface area contributed by atoms with Crippen LogP contribution in [0.3, 0.4) is 0 Å². The summed E-state index contributed by atoms with van der Waals surface area (Å²) in [5.74, 6) is -0.621. The van der Waals surface area contributed by atoms with Crippen LogP contribution in [0.1, 0.15) is 31.9 Å². The van der Waals surface area contributed by atoms with Gasteiger partial charge < -0.3 is 14.6 Å². The molecule has 4 nitrogen and oxygen atoms in total. The van der Waals surface area contributed by atoms with E-state index in [1.165, 1.54) is 28.1 Å². The molecule has 0 spiro atoms. The summed E-state index contributed by atoms with van der Waals surface area (Å²) >= 11 is 0. The van der Waals surface area contributed by atoms with Gasteiger partial charge in [-0.25, -0.2) is 4.39 Å². The van der Waals surface area contributed by atoms with E-state index in [0.717, 1.165) is 0 Å². The van der Waals surface area contributed by atoms with E-state index in [1.54, 1.807) is 19.1 Å². The molecule has 1 rings (SSSR count). The van der Waals surface area contributed by atoms with Crippen molar-refractivity contribution in [1.29, 1.82) is 0 Å². The maximum Gasteiger partial charge on any atom is 0.306 e. The second kappa shape index (κ2) is 6.11. The number of benzene rings is 1. The van der Waals surface area contributed by atoms with Crippen LogP contribution in [0.2, 0.25) is 0 Å². The molecule has 5 heteroatoms. The summed E-state index contributed by atoms with van der Waals surface area (Å²) in [7, 11) is 2.97. The van der Waals surface area contributed by atoms with Gasteiger partial charge in [0.2, 0.25) is 0 Å². The quantitative estimate of drug-likeness (QED) is 0.871. The Morgan fingerprint density at radius 1 is 1.30 bits per heavy atom. The maximum absolute atomic E-state index is 14.3. The Morgan fingerprint density at radius 3 is 2.20 bits per heavy atom. The molecule has 0 aliphatic rings. The Morgan fingerprint density at radius 2 is 1.80 bits per heavy atom.